The zero-order valence-corrected chi connectivity index (χ0v) is 10.2. The molecule has 17 heavy (non-hydrogen) atoms. The molecular weight excluding hydrogens is 222 g/mol. The summed E-state index contributed by atoms with van der Waals surface area (Å²) in [6.07, 6.45) is -0.340. The summed E-state index contributed by atoms with van der Waals surface area (Å²) in [4.78, 5) is 26.3. The number of nitriles is 1. The molecule has 1 heterocycles. The number of hydrogen-bond donors (Lipinski definition) is 0. The molecule has 0 aromatic carbocycles. The largest absolute Gasteiger partial charge is 0.450 e. The SMILES string of the molecule is CCOC(=O)N1CCN(C(=O)C(C)C#N)CC1. The molecule has 0 spiro atoms. The average molecular weight is 239 g/mol. The summed E-state index contributed by atoms with van der Waals surface area (Å²) in [5.74, 6) is -0.792. The number of carbonyl (C=O) groups excluding carboxylic acids is 2. The van der Waals surface area contributed by atoms with Gasteiger partial charge in [-0.1, -0.05) is 0 Å². The van der Waals surface area contributed by atoms with Gasteiger partial charge in [0.25, 0.3) is 0 Å². The molecule has 0 aliphatic carbocycles. The summed E-state index contributed by atoms with van der Waals surface area (Å²) >= 11 is 0. The second-order valence-corrected chi connectivity index (χ2v) is 3.86. The minimum Gasteiger partial charge on any atom is -0.450 e. The van der Waals surface area contributed by atoms with Gasteiger partial charge in [-0.25, -0.2) is 4.79 Å². The van der Waals surface area contributed by atoms with E-state index in [0.29, 0.717) is 32.8 Å². The van der Waals surface area contributed by atoms with Crippen molar-refractivity contribution in [2.45, 2.75) is 13.8 Å². The molecular formula is C11H17N3O3. The van der Waals surface area contributed by atoms with Gasteiger partial charge in [0.05, 0.1) is 12.7 Å². The van der Waals surface area contributed by atoms with E-state index in [-0.39, 0.29) is 12.0 Å². The van der Waals surface area contributed by atoms with Crippen molar-refractivity contribution in [2.24, 2.45) is 5.92 Å². The third kappa shape index (κ3) is 3.34. The molecule has 0 bridgehead atoms. The van der Waals surface area contributed by atoms with E-state index in [1.54, 1.807) is 23.6 Å². The first-order valence-electron chi connectivity index (χ1n) is 5.70. The maximum atomic E-state index is 11.7. The third-order valence-corrected chi connectivity index (χ3v) is 2.68. The normalized spacial score (nSPS) is 17.2. The van der Waals surface area contributed by atoms with Crippen LogP contribution in [0.25, 0.3) is 0 Å². The predicted molar refractivity (Wildman–Crippen MR) is 60.0 cm³/mol. The first-order chi connectivity index (χ1) is 8.10. The van der Waals surface area contributed by atoms with Crippen LogP contribution < -0.4 is 0 Å². The Morgan fingerprint density at radius 2 is 1.82 bits per heavy atom. The van der Waals surface area contributed by atoms with Crippen molar-refractivity contribution in [1.29, 1.82) is 5.26 Å². The van der Waals surface area contributed by atoms with Gasteiger partial charge in [0.2, 0.25) is 5.91 Å². The summed E-state index contributed by atoms with van der Waals surface area (Å²) in [6.45, 7) is 5.54. The Kier molecular flexibility index (Phi) is 4.76. The Labute approximate surface area is 101 Å². The summed E-state index contributed by atoms with van der Waals surface area (Å²) in [6, 6.07) is 1.92. The lowest BCUT2D eigenvalue weighted by molar-refractivity contribution is -0.134. The lowest BCUT2D eigenvalue weighted by Gasteiger charge is -2.34. The minimum atomic E-state index is -0.621. The van der Waals surface area contributed by atoms with Crippen LogP contribution in [0.1, 0.15) is 13.8 Å². The predicted octanol–water partition coefficient (Wildman–Crippen LogP) is 0.447. The molecule has 6 nitrogen and oxygen atoms in total. The van der Waals surface area contributed by atoms with Crippen molar-refractivity contribution in [2.75, 3.05) is 32.8 Å². The quantitative estimate of drug-likeness (QED) is 0.701. The Morgan fingerprint density at radius 1 is 1.29 bits per heavy atom. The van der Waals surface area contributed by atoms with Crippen LogP contribution in [0.5, 0.6) is 0 Å². The topological polar surface area (TPSA) is 73.6 Å². The maximum absolute atomic E-state index is 11.7. The van der Waals surface area contributed by atoms with Crippen molar-refractivity contribution in [3.05, 3.63) is 0 Å². The standard InChI is InChI=1S/C11H17N3O3/c1-3-17-11(16)14-6-4-13(5-7-14)10(15)9(2)8-12/h9H,3-7H2,1-2H3. The maximum Gasteiger partial charge on any atom is 0.409 e. The Bertz CT molecular complexity index is 329. The van der Waals surface area contributed by atoms with Crippen molar-refractivity contribution in [1.82, 2.24) is 9.80 Å². The smallest absolute Gasteiger partial charge is 0.409 e. The number of amides is 2. The van der Waals surface area contributed by atoms with Gasteiger partial charge in [-0.05, 0) is 13.8 Å². The van der Waals surface area contributed by atoms with Crippen molar-refractivity contribution >= 4 is 12.0 Å². The van der Waals surface area contributed by atoms with Crippen LogP contribution in [0, 0.1) is 17.2 Å². The highest BCUT2D eigenvalue weighted by atomic mass is 16.6. The van der Waals surface area contributed by atoms with Gasteiger partial charge in [0, 0.05) is 26.2 Å². The molecule has 1 fully saturated rings. The molecule has 6 heteroatoms. The first kappa shape index (κ1) is 13.3. The summed E-state index contributed by atoms with van der Waals surface area (Å²) in [5.41, 5.74) is 0. The number of rotatable bonds is 2. The van der Waals surface area contributed by atoms with Gasteiger partial charge in [-0.3, -0.25) is 4.79 Å². The van der Waals surface area contributed by atoms with E-state index < -0.39 is 5.92 Å². The molecule has 0 radical (unpaired) electrons. The molecule has 1 aliphatic rings. The number of piperazine rings is 1. The Morgan fingerprint density at radius 3 is 2.29 bits per heavy atom. The number of ether oxygens (including phenoxy) is 1. The van der Waals surface area contributed by atoms with Crippen LogP contribution in [0.4, 0.5) is 4.79 Å². The van der Waals surface area contributed by atoms with E-state index in [2.05, 4.69) is 0 Å². The first-order valence-corrected chi connectivity index (χ1v) is 5.70. The molecule has 1 aliphatic heterocycles. The summed E-state index contributed by atoms with van der Waals surface area (Å²) < 4.78 is 4.88. The monoisotopic (exact) mass is 239 g/mol. The average Bonchev–Trinajstić information content (AvgIpc) is 2.37. The van der Waals surface area contributed by atoms with Gasteiger partial charge in [-0.2, -0.15) is 5.26 Å². The van der Waals surface area contributed by atoms with Crippen molar-refractivity contribution in [3.8, 4) is 6.07 Å². The number of nitrogens with zero attached hydrogens (tertiary/aromatic N) is 3. The molecule has 0 N–H and O–H groups in total. The fourth-order valence-electron chi connectivity index (χ4n) is 1.65. The van der Waals surface area contributed by atoms with E-state index >= 15 is 0 Å². The van der Waals surface area contributed by atoms with Crippen molar-refractivity contribution in [3.63, 3.8) is 0 Å². The second-order valence-electron chi connectivity index (χ2n) is 3.86. The fraction of sp³-hybridized carbons (Fsp3) is 0.727. The van der Waals surface area contributed by atoms with Gasteiger partial charge in [0.1, 0.15) is 5.92 Å². The number of hydrogen-bond acceptors (Lipinski definition) is 4. The molecule has 1 atom stereocenters. The molecule has 0 aromatic rings. The van der Waals surface area contributed by atoms with Crippen LogP contribution in [0.2, 0.25) is 0 Å². The Hall–Kier alpha value is -1.77. The molecule has 0 aromatic heterocycles. The molecule has 1 rings (SSSR count). The van der Waals surface area contributed by atoms with Gasteiger partial charge < -0.3 is 14.5 Å². The highest BCUT2D eigenvalue weighted by Gasteiger charge is 2.27. The van der Waals surface area contributed by atoms with E-state index in [0.717, 1.165) is 0 Å². The molecule has 1 saturated heterocycles. The highest BCUT2D eigenvalue weighted by Crippen LogP contribution is 2.08. The van der Waals surface area contributed by atoms with Crippen LogP contribution in [-0.4, -0.2) is 54.6 Å². The van der Waals surface area contributed by atoms with E-state index in [1.807, 2.05) is 6.07 Å². The summed E-state index contributed by atoms with van der Waals surface area (Å²) in [5, 5.41) is 8.66. The van der Waals surface area contributed by atoms with Crippen LogP contribution in [0.15, 0.2) is 0 Å². The van der Waals surface area contributed by atoms with Gasteiger partial charge in [0.15, 0.2) is 0 Å². The molecule has 0 saturated carbocycles. The van der Waals surface area contributed by atoms with Crippen molar-refractivity contribution < 1.29 is 14.3 Å². The van der Waals surface area contributed by atoms with Crippen LogP contribution in [0.3, 0.4) is 0 Å². The Balaban J connectivity index is 2.43. The van der Waals surface area contributed by atoms with Crippen LogP contribution in [-0.2, 0) is 9.53 Å². The zero-order valence-electron chi connectivity index (χ0n) is 10.2. The van der Waals surface area contributed by atoms with E-state index in [4.69, 9.17) is 10.00 Å². The van der Waals surface area contributed by atoms with Gasteiger partial charge in [-0.15, -0.1) is 0 Å². The van der Waals surface area contributed by atoms with Gasteiger partial charge >= 0.3 is 6.09 Å². The number of carbonyl (C=O) groups is 2. The highest BCUT2D eigenvalue weighted by molar-refractivity contribution is 5.81. The lowest BCUT2D eigenvalue weighted by Crippen LogP contribution is -2.51. The minimum absolute atomic E-state index is 0.170. The van der Waals surface area contributed by atoms with E-state index in [1.165, 1.54) is 0 Å². The zero-order chi connectivity index (χ0) is 12.8. The second kappa shape index (κ2) is 6.09. The summed E-state index contributed by atoms with van der Waals surface area (Å²) in [7, 11) is 0. The van der Waals surface area contributed by atoms with Crippen LogP contribution >= 0.6 is 0 Å². The fourth-order valence-corrected chi connectivity index (χ4v) is 1.65. The third-order valence-electron chi connectivity index (χ3n) is 2.68. The lowest BCUT2D eigenvalue weighted by atomic mass is 10.1. The molecule has 1 unspecified atom stereocenters. The molecule has 94 valence electrons. The van der Waals surface area contributed by atoms with E-state index in [9.17, 15) is 9.59 Å². The molecule has 2 amide bonds.